The standard InChI is InChI=1S/C45H28N4O/c1-3-11-29(12-4-1)30-19-21-31(22-20-30)43-46-44(48-45(47-43)33-24-26-38-37-16-8-10-18-41(37)50-42(38)28-33)32-23-25-36-35-15-7-9-17-39(35)49(40(36)27-32)34-13-5-2-6-14-34/h1-28H. The van der Waals surface area contributed by atoms with E-state index in [9.17, 15) is 0 Å². The van der Waals surface area contributed by atoms with Crippen molar-refractivity contribution in [2.45, 2.75) is 0 Å². The molecule has 50 heavy (non-hydrogen) atoms. The van der Waals surface area contributed by atoms with Crippen LogP contribution in [0.2, 0.25) is 0 Å². The zero-order chi connectivity index (χ0) is 33.0. The molecule has 5 nitrogen and oxygen atoms in total. The average molecular weight is 641 g/mol. The topological polar surface area (TPSA) is 56.7 Å². The van der Waals surface area contributed by atoms with E-state index >= 15 is 0 Å². The number of nitrogens with zero attached hydrogens (tertiary/aromatic N) is 4. The van der Waals surface area contributed by atoms with Gasteiger partial charge in [-0.25, -0.2) is 15.0 Å². The van der Waals surface area contributed by atoms with Crippen molar-refractivity contribution in [1.82, 2.24) is 19.5 Å². The summed E-state index contributed by atoms with van der Waals surface area (Å²) in [6.07, 6.45) is 0. The molecule has 0 fully saturated rings. The molecule has 0 saturated carbocycles. The van der Waals surface area contributed by atoms with Crippen molar-refractivity contribution in [2.75, 3.05) is 0 Å². The minimum absolute atomic E-state index is 0.586. The Balaban J connectivity index is 1.17. The number of rotatable bonds is 5. The van der Waals surface area contributed by atoms with Crippen LogP contribution in [0.15, 0.2) is 174 Å². The van der Waals surface area contributed by atoms with Crippen molar-refractivity contribution in [3.63, 3.8) is 0 Å². The molecule has 10 aromatic rings. The van der Waals surface area contributed by atoms with Gasteiger partial charge in [-0.3, -0.25) is 0 Å². The molecule has 10 rings (SSSR count). The number of fused-ring (bicyclic) bond motifs is 6. The fourth-order valence-electron chi connectivity index (χ4n) is 7.04. The van der Waals surface area contributed by atoms with Gasteiger partial charge in [-0.15, -0.1) is 0 Å². The first-order valence-electron chi connectivity index (χ1n) is 16.7. The van der Waals surface area contributed by atoms with Gasteiger partial charge >= 0.3 is 0 Å². The molecular formula is C45H28N4O. The van der Waals surface area contributed by atoms with Gasteiger partial charge in [0.25, 0.3) is 0 Å². The Kier molecular flexibility index (Phi) is 6.42. The van der Waals surface area contributed by atoms with Crippen LogP contribution in [-0.4, -0.2) is 19.5 Å². The molecular weight excluding hydrogens is 613 g/mol. The quantitative estimate of drug-likeness (QED) is 0.188. The summed E-state index contributed by atoms with van der Waals surface area (Å²) in [5, 5.41) is 4.53. The first-order valence-corrected chi connectivity index (χ1v) is 16.7. The molecule has 0 bridgehead atoms. The van der Waals surface area contributed by atoms with E-state index in [1.165, 1.54) is 10.8 Å². The second-order valence-corrected chi connectivity index (χ2v) is 12.5. The van der Waals surface area contributed by atoms with Gasteiger partial charge in [-0.1, -0.05) is 127 Å². The molecule has 0 unspecified atom stereocenters. The summed E-state index contributed by atoms with van der Waals surface area (Å²) in [6.45, 7) is 0. The second kappa shape index (κ2) is 11.4. The summed E-state index contributed by atoms with van der Waals surface area (Å²) in [5.41, 5.74) is 10.00. The van der Waals surface area contributed by atoms with Gasteiger partial charge in [0, 0.05) is 43.9 Å². The van der Waals surface area contributed by atoms with E-state index in [1.54, 1.807) is 0 Å². The molecule has 3 aromatic heterocycles. The lowest BCUT2D eigenvalue weighted by atomic mass is 10.0. The van der Waals surface area contributed by atoms with Crippen LogP contribution in [0.4, 0.5) is 0 Å². The minimum Gasteiger partial charge on any atom is -0.456 e. The first kappa shape index (κ1) is 28.2. The predicted molar refractivity (Wildman–Crippen MR) is 203 cm³/mol. The monoisotopic (exact) mass is 640 g/mol. The van der Waals surface area contributed by atoms with Crippen molar-refractivity contribution in [1.29, 1.82) is 0 Å². The Labute approximate surface area is 287 Å². The summed E-state index contributed by atoms with van der Waals surface area (Å²) >= 11 is 0. The maximum atomic E-state index is 6.26. The van der Waals surface area contributed by atoms with Gasteiger partial charge in [0.05, 0.1) is 11.0 Å². The number of aromatic nitrogens is 4. The van der Waals surface area contributed by atoms with Gasteiger partial charge in [0.2, 0.25) is 0 Å². The molecule has 0 aliphatic rings. The van der Waals surface area contributed by atoms with Crippen LogP contribution >= 0.6 is 0 Å². The maximum Gasteiger partial charge on any atom is 0.164 e. The van der Waals surface area contributed by atoms with Crippen LogP contribution in [0.3, 0.4) is 0 Å². The highest BCUT2D eigenvalue weighted by atomic mass is 16.3. The molecule has 0 N–H and O–H groups in total. The van der Waals surface area contributed by atoms with Crippen molar-refractivity contribution in [3.8, 4) is 51.0 Å². The Morgan fingerprint density at radius 1 is 0.340 bits per heavy atom. The summed E-state index contributed by atoms with van der Waals surface area (Å²) in [6, 6.07) is 58.7. The lowest BCUT2D eigenvalue weighted by Gasteiger charge is -2.11. The maximum absolute atomic E-state index is 6.26. The number of para-hydroxylation sites is 3. The molecule has 3 heterocycles. The molecule has 0 spiro atoms. The SMILES string of the molecule is c1ccc(-c2ccc(-c3nc(-c4ccc5c(c4)oc4ccccc45)nc(-c4ccc5c6ccccc6n(-c6ccccc6)c5c4)n3)cc2)cc1. The molecule has 0 aliphatic heterocycles. The van der Waals surface area contributed by atoms with E-state index < -0.39 is 0 Å². The molecule has 0 aliphatic carbocycles. The van der Waals surface area contributed by atoms with E-state index in [2.05, 4.69) is 138 Å². The second-order valence-electron chi connectivity index (χ2n) is 12.5. The van der Waals surface area contributed by atoms with E-state index in [-0.39, 0.29) is 0 Å². The summed E-state index contributed by atoms with van der Waals surface area (Å²) in [5.74, 6) is 1.80. The van der Waals surface area contributed by atoms with Gasteiger partial charge in [0.15, 0.2) is 17.5 Å². The molecule has 0 saturated heterocycles. The van der Waals surface area contributed by atoms with Gasteiger partial charge in [-0.05, 0) is 53.6 Å². The summed E-state index contributed by atoms with van der Waals surface area (Å²) in [4.78, 5) is 15.3. The third-order valence-corrected chi connectivity index (χ3v) is 9.47. The van der Waals surface area contributed by atoms with Crippen LogP contribution in [-0.2, 0) is 0 Å². The fraction of sp³-hybridized carbons (Fsp3) is 0. The lowest BCUT2D eigenvalue weighted by Crippen LogP contribution is -2.00. The van der Waals surface area contributed by atoms with E-state index in [0.717, 1.165) is 66.5 Å². The van der Waals surface area contributed by atoms with Gasteiger partial charge in [-0.2, -0.15) is 0 Å². The highest BCUT2D eigenvalue weighted by Gasteiger charge is 2.17. The highest BCUT2D eigenvalue weighted by molar-refractivity contribution is 6.10. The first-order chi connectivity index (χ1) is 24.8. The van der Waals surface area contributed by atoms with Gasteiger partial charge in [0.1, 0.15) is 11.2 Å². The normalized spacial score (nSPS) is 11.6. The number of hydrogen-bond acceptors (Lipinski definition) is 4. The zero-order valence-corrected chi connectivity index (χ0v) is 26.9. The predicted octanol–water partition coefficient (Wildman–Crippen LogP) is 11.5. The third-order valence-electron chi connectivity index (χ3n) is 9.47. The van der Waals surface area contributed by atoms with E-state index in [4.69, 9.17) is 19.4 Å². The van der Waals surface area contributed by atoms with E-state index in [1.807, 2.05) is 36.4 Å². The minimum atomic E-state index is 0.586. The Morgan fingerprint density at radius 2 is 0.840 bits per heavy atom. The van der Waals surface area contributed by atoms with Crippen molar-refractivity contribution in [3.05, 3.63) is 170 Å². The van der Waals surface area contributed by atoms with Crippen molar-refractivity contribution >= 4 is 43.7 Å². The van der Waals surface area contributed by atoms with Gasteiger partial charge < -0.3 is 8.98 Å². The third kappa shape index (κ3) is 4.67. The van der Waals surface area contributed by atoms with Crippen molar-refractivity contribution < 1.29 is 4.42 Å². The molecule has 0 amide bonds. The number of hydrogen-bond donors (Lipinski definition) is 0. The largest absolute Gasteiger partial charge is 0.456 e. The van der Waals surface area contributed by atoms with Crippen LogP contribution in [0.25, 0.3) is 94.7 Å². The molecule has 234 valence electrons. The number of benzene rings is 7. The number of furan rings is 1. The van der Waals surface area contributed by atoms with Crippen LogP contribution in [0.1, 0.15) is 0 Å². The fourth-order valence-corrected chi connectivity index (χ4v) is 7.04. The Hall–Kier alpha value is -6.85. The lowest BCUT2D eigenvalue weighted by molar-refractivity contribution is 0.669. The molecule has 5 heteroatoms. The zero-order valence-electron chi connectivity index (χ0n) is 26.9. The van der Waals surface area contributed by atoms with Crippen LogP contribution < -0.4 is 0 Å². The highest BCUT2D eigenvalue weighted by Crippen LogP contribution is 2.36. The van der Waals surface area contributed by atoms with Crippen LogP contribution in [0, 0.1) is 0 Å². The Bertz CT molecular complexity index is 2850. The van der Waals surface area contributed by atoms with Crippen LogP contribution in [0.5, 0.6) is 0 Å². The van der Waals surface area contributed by atoms with E-state index in [0.29, 0.717) is 17.5 Å². The summed E-state index contributed by atoms with van der Waals surface area (Å²) in [7, 11) is 0. The molecule has 0 atom stereocenters. The smallest absolute Gasteiger partial charge is 0.164 e. The molecule has 0 radical (unpaired) electrons. The average Bonchev–Trinajstić information content (AvgIpc) is 3.73. The van der Waals surface area contributed by atoms with Crippen molar-refractivity contribution in [2.24, 2.45) is 0 Å². The molecule has 7 aromatic carbocycles. The Morgan fingerprint density at radius 3 is 1.60 bits per heavy atom. The summed E-state index contributed by atoms with van der Waals surface area (Å²) < 4.78 is 8.57.